The number of carbonyl (C=O) groups is 1. The van der Waals surface area contributed by atoms with Gasteiger partial charge in [0, 0.05) is 6.54 Å². The van der Waals surface area contributed by atoms with E-state index in [9.17, 15) is 9.18 Å². The van der Waals surface area contributed by atoms with Crippen LogP contribution < -0.4 is 4.74 Å². The van der Waals surface area contributed by atoms with Crippen molar-refractivity contribution in [2.45, 2.75) is 6.42 Å². The largest absolute Gasteiger partial charge is 0.494 e. The fourth-order valence-electron chi connectivity index (χ4n) is 1.44. The molecule has 0 aromatic heterocycles. The van der Waals surface area contributed by atoms with Crippen molar-refractivity contribution in [2.24, 2.45) is 0 Å². The van der Waals surface area contributed by atoms with Crippen LogP contribution in [0.5, 0.6) is 5.75 Å². The Morgan fingerprint density at radius 2 is 2.00 bits per heavy atom. The molecule has 1 aromatic carbocycles. The number of halogens is 1. The summed E-state index contributed by atoms with van der Waals surface area (Å²) in [5, 5.41) is 8.41. The van der Waals surface area contributed by atoms with Crippen molar-refractivity contribution in [1.82, 2.24) is 4.90 Å². The van der Waals surface area contributed by atoms with Gasteiger partial charge >= 0.3 is 5.97 Å². The zero-order valence-corrected chi connectivity index (χ0v) is 11.1. The minimum absolute atomic E-state index is 0.487. The molecule has 0 aliphatic carbocycles. The Balaban J connectivity index is 2.48. The number of carboxylic acid groups (broad SMARTS) is 1. The molecule has 1 N–H and O–H groups in total. The first-order chi connectivity index (χ1) is 8.99. The summed E-state index contributed by atoms with van der Waals surface area (Å²) in [7, 11) is 4.00. The van der Waals surface area contributed by atoms with Gasteiger partial charge in [-0.05, 0) is 44.3 Å². The highest BCUT2D eigenvalue weighted by Gasteiger charge is 2.04. The number of hydrogen-bond acceptors (Lipinski definition) is 3. The van der Waals surface area contributed by atoms with Gasteiger partial charge in [-0.3, -0.25) is 0 Å². The summed E-state index contributed by atoms with van der Waals surface area (Å²) in [6, 6.07) is 6.61. The van der Waals surface area contributed by atoms with E-state index in [1.165, 1.54) is 0 Å². The highest BCUT2D eigenvalue weighted by molar-refractivity contribution is 5.89. The Morgan fingerprint density at radius 1 is 1.37 bits per heavy atom. The van der Waals surface area contributed by atoms with Crippen LogP contribution in [0.2, 0.25) is 0 Å². The van der Waals surface area contributed by atoms with Gasteiger partial charge in [-0.1, -0.05) is 12.1 Å². The normalized spacial score (nSPS) is 11.7. The number of benzene rings is 1. The van der Waals surface area contributed by atoms with Gasteiger partial charge in [-0.2, -0.15) is 4.39 Å². The Kier molecular flexibility index (Phi) is 6.02. The number of rotatable bonds is 7. The standard InChI is InChI=1S/C14H18FNO3/c1-16(2)8-3-9-19-12-6-4-11(5-7-12)10-13(15)14(17)18/h4-7,10H,3,8-9H2,1-2H3,(H,17,18)/b13-10+. The van der Waals surface area contributed by atoms with E-state index in [4.69, 9.17) is 9.84 Å². The molecule has 0 fully saturated rings. The van der Waals surface area contributed by atoms with E-state index in [-0.39, 0.29) is 0 Å². The lowest BCUT2D eigenvalue weighted by atomic mass is 10.2. The molecular formula is C14H18FNO3. The Morgan fingerprint density at radius 3 is 2.53 bits per heavy atom. The van der Waals surface area contributed by atoms with Crippen LogP contribution in [-0.2, 0) is 4.79 Å². The molecule has 0 aliphatic rings. The zero-order chi connectivity index (χ0) is 14.3. The van der Waals surface area contributed by atoms with E-state index in [2.05, 4.69) is 4.90 Å². The van der Waals surface area contributed by atoms with E-state index >= 15 is 0 Å². The number of ether oxygens (including phenoxy) is 1. The van der Waals surface area contributed by atoms with Gasteiger partial charge in [0.05, 0.1) is 6.61 Å². The van der Waals surface area contributed by atoms with E-state index < -0.39 is 11.8 Å². The minimum Gasteiger partial charge on any atom is -0.494 e. The Bertz CT molecular complexity index is 441. The van der Waals surface area contributed by atoms with Crippen molar-refractivity contribution in [1.29, 1.82) is 0 Å². The predicted octanol–water partition coefficient (Wildman–Crippen LogP) is 2.41. The second kappa shape index (κ2) is 7.53. The summed E-state index contributed by atoms with van der Waals surface area (Å²) < 4.78 is 18.4. The molecular weight excluding hydrogens is 249 g/mol. The molecule has 1 rings (SSSR count). The van der Waals surface area contributed by atoms with Crippen molar-refractivity contribution in [3.05, 3.63) is 35.7 Å². The van der Waals surface area contributed by atoms with E-state index in [0.717, 1.165) is 19.0 Å². The number of nitrogens with zero attached hydrogens (tertiary/aromatic N) is 1. The molecule has 0 radical (unpaired) electrons. The van der Waals surface area contributed by atoms with Gasteiger partial charge in [0.25, 0.3) is 0 Å². The van der Waals surface area contributed by atoms with Gasteiger partial charge in [-0.15, -0.1) is 0 Å². The third-order valence-corrected chi connectivity index (χ3v) is 2.40. The van der Waals surface area contributed by atoms with E-state index in [1.807, 2.05) is 14.1 Å². The molecule has 0 heterocycles. The van der Waals surface area contributed by atoms with Gasteiger partial charge < -0.3 is 14.7 Å². The average molecular weight is 267 g/mol. The quantitative estimate of drug-likeness (QED) is 0.609. The van der Waals surface area contributed by atoms with Crippen LogP contribution >= 0.6 is 0 Å². The van der Waals surface area contributed by atoms with Gasteiger partial charge in [0.15, 0.2) is 0 Å². The number of hydrogen-bond donors (Lipinski definition) is 1. The fourth-order valence-corrected chi connectivity index (χ4v) is 1.44. The van der Waals surface area contributed by atoms with Crippen LogP contribution in [0, 0.1) is 0 Å². The Labute approximate surface area is 112 Å². The summed E-state index contributed by atoms with van der Waals surface area (Å²) in [5.41, 5.74) is 0.487. The highest BCUT2D eigenvalue weighted by Crippen LogP contribution is 2.15. The van der Waals surface area contributed by atoms with Gasteiger partial charge in [0.2, 0.25) is 5.83 Å². The second-order valence-electron chi connectivity index (χ2n) is 4.37. The summed E-state index contributed by atoms with van der Waals surface area (Å²) >= 11 is 0. The van der Waals surface area contributed by atoms with Crippen LogP contribution in [0.15, 0.2) is 30.1 Å². The third-order valence-electron chi connectivity index (χ3n) is 2.40. The average Bonchev–Trinajstić information content (AvgIpc) is 2.36. The van der Waals surface area contributed by atoms with Crippen LogP contribution in [0.3, 0.4) is 0 Å². The molecule has 0 amide bonds. The first-order valence-electron chi connectivity index (χ1n) is 5.97. The smallest absolute Gasteiger partial charge is 0.364 e. The molecule has 0 unspecified atom stereocenters. The van der Waals surface area contributed by atoms with Crippen molar-refractivity contribution in [3.63, 3.8) is 0 Å². The number of aliphatic carboxylic acids is 1. The summed E-state index contributed by atoms with van der Waals surface area (Å²) in [4.78, 5) is 12.4. The van der Waals surface area contributed by atoms with Crippen molar-refractivity contribution < 1.29 is 19.0 Å². The monoisotopic (exact) mass is 267 g/mol. The van der Waals surface area contributed by atoms with Crippen LogP contribution in [0.1, 0.15) is 12.0 Å². The molecule has 4 nitrogen and oxygen atoms in total. The zero-order valence-electron chi connectivity index (χ0n) is 11.1. The fraction of sp³-hybridized carbons (Fsp3) is 0.357. The number of carboxylic acids is 1. The molecule has 0 saturated heterocycles. The topological polar surface area (TPSA) is 49.8 Å². The van der Waals surface area contributed by atoms with Gasteiger partial charge in [-0.25, -0.2) is 4.79 Å². The van der Waals surface area contributed by atoms with Gasteiger partial charge in [0.1, 0.15) is 5.75 Å². The maximum absolute atomic E-state index is 12.9. The molecule has 0 atom stereocenters. The van der Waals surface area contributed by atoms with Crippen molar-refractivity contribution >= 4 is 12.0 Å². The maximum Gasteiger partial charge on any atom is 0.364 e. The van der Waals surface area contributed by atoms with Crippen molar-refractivity contribution in [3.8, 4) is 5.75 Å². The summed E-state index contributed by atoms with van der Waals surface area (Å²) in [6.07, 6.45) is 1.89. The summed E-state index contributed by atoms with van der Waals surface area (Å²) in [6.45, 7) is 1.56. The lowest BCUT2D eigenvalue weighted by Gasteiger charge is -2.10. The van der Waals surface area contributed by atoms with Crippen LogP contribution in [0.25, 0.3) is 6.08 Å². The molecule has 19 heavy (non-hydrogen) atoms. The molecule has 5 heteroatoms. The molecule has 0 saturated carbocycles. The first-order valence-corrected chi connectivity index (χ1v) is 5.97. The lowest BCUT2D eigenvalue weighted by Crippen LogP contribution is -2.15. The highest BCUT2D eigenvalue weighted by atomic mass is 19.1. The van der Waals surface area contributed by atoms with Crippen molar-refractivity contribution in [2.75, 3.05) is 27.2 Å². The Hall–Kier alpha value is -1.88. The predicted molar refractivity (Wildman–Crippen MR) is 71.8 cm³/mol. The molecule has 0 aliphatic heterocycles. The molecule has 104 valence electrons. The first kappa shape index (κ1) is 15.2. The lowest BCUT2D eigenvalue weighted by molar-refractivity contribution is -0.134. The molecule has 1 aromatic rings. The van der Waals surface area contributed by atoms with Crippen LogP contribution in [-0.4, -0.2) is 43.2 Å². The van der Waals surface area contributed by atoms with E-state index in [0.29, 0.717) is 17.9 Å². The van der Waals surface area contributed by atoms with E-state index in [1.54, 1.807) is 24.3 Å². The molecule has 0 spiro atoms. The molecule has 0 bridgehead atoms. The summed E-state index contributed by atoms with van der Waals surface area (Å²) in [5.74, 6) is -2.06. The second-order valence-corrected chi connectivity index (χ2v) is 4.37. The minimum atomic E-state index is -1.57. The third kappa shape index (κ3) is 6.01. The maximum atomic E-state index is 12.9. The van der Waals surface area contributed by atoms with Crippen LogP contribution in [0.4, 0.5) is 4.39 Å². The SMILES string of the molecule is CN(C)CCCOc1ccc(/C=C(/F)C(=O)O)cc1.